The normalized spacial score (nSPS) is 23.1. The van der Waals surface area contributed by atoms with Crippen LogP contribution in [0.2, 0.25) is 0 Å². The van der Waals surface area contributed by atoms with Crippen molar-refractivity contribution in [2.24, 2.45) is 0 Å². The molecule has 1 aromatic heterocycles. The van der Waals surface area contributed by atoms with Crippen LogP contribution in [0.5, 0.6) is 0 Å². The van der Waals surface area contributed by atoms with Gasteiger partial charge in [0.2, 0.25) is 0 Å². The van der Waals surface area contributed by atoms with Gasteiger partial charge in [-0.2, -0.15) is 0 Å². The second-order valence-electron chi connectivity index (χ2n) is 4.01. The minimum absolute atomic E-state index is 0.221. The summed E-state index contributed by atoms with van der Waals surface area (Å²) in [5.41, 5.74) is 1.69. The molecule has 1 unspecified atom stereocenters. The summed E-state index contributed by atoms with van der Waals surface area (Å²) in [4.78, 5) is 6.28. The molecule has 1 aliphatic heterocycles. The maximum absolute atomic E-state index is 9.40. The zero-order chi connectivity index (χ0) is 10.8. The average molecular weight is 208 g/mol. The number of pyridine rings is 1. The van der Waals surface area contributed by atoms with Crippen molar-refractivity contribution < 1.29 is 10.2 Å². The van der Waals surface area contributed by atoms with E-state index < -0.39 is 6.10 Å². The Hall–Kier alpha value is -1.13. The van der Waals surface area contributed by atoms with Crippen LogP contribution in [-0.2, 0) is 0 Å². The predicted molar refractivity (Wildman–Crippen MR) is 57.7 cm³/mol. The van der Waals surface area contributed by atoms with E-state index in [0.29, 0.717) is 12.2 Å². The first-order chi connectivity index (χ1) is 7.16. The van der Waals surface area contributed by atoms with Gasteiger partial charge in [0.25, 0.3) is 0 Å². The van der Waals surface area contributed by atoms with Crippen LogP contribution in [0.4, 0.5) is 5.69 Å². The summed E-state index contributed by atoms with van der Waals surface area (Å²) in [6.07, 6.45) is 1.82. The lowest BCUT2D eigenvalue weighted by molar-refractivity contribution is 0.194. The molecule has 4 nitrogen and oxygen atoms in total. The summed E-state index contributed by atoms with van der Waals surface area (Å²) in [6.45, 7) is 3.24. The Labute approximate surface area is 89.2 Å². The molecular weight excluding hydrogens is 192 g/mol. The minimum atomic E-state index is -0.525. The SMILES string of the molecule is C[C@@H](O)c1ccc(N2CCC(O)C2)cn1. The Morgan fingerprint density at radius 2 is 2.33 bits per heavy atom. The largest absolute Gasteiger partial charge is 0.391 e. The van der Waals surface area contributed by atoms with Gasteiger partial charge in [0, 0.05) is 13.1 Å². The van der Waals surface area contributed by atoms with Crippen LogP contribution >= 0.6 is 0 Å². The summed E-state index contributed by atoms with van der Waals surface area (Å²) in [6, 6.07) is 3.76. The average Bonchev–Trinajstić information content (AvgIpc) is 2.65. The maximum atomic E-state index is 9.40. The lowest BCUT2D eigenvalue weighted by Gasteiger charge is -2.17. The Bertz CT molecular complexity index is 324. The van der Waals surface area contributed by atoms with E-state index in [9.17, 15) is 10.2 Å². The van der Waals surface area contributed by atoms with E-state index in [2.05, 4.69) is 9.88 Å². The number of rotatable bonds is 2. The number of β-amino-alcohol motifs (C(OH)–C–C–N with tert-alkyl or cyclic N) is 1. The van der Waals surface area contributed by atoms with Crippen LogP contribution in [0.3, 0.4) is 0 Å². The van der Waals surface area contributed by atoms with Crippen LogP contribution < -0.4 is 4.90 Å². The van der Waals surface area contributed by atoms with Crippen molar-refractivity contribution in [3.8, 4) is 0 Å². The first kappa shape index (κ1) is 10.4. The fraction of sp³-hybridized carbons (Fsp3) is 0.545. The standard InChI is InChI=1S/C11H16N2O2/c1-8(14)11-3-2-9(6-12-11)13-5-4-10(15)7-13/h2-3,6,8,10,14-15H,4-5,7H2,1H3/t8-,10?/m1/s1. The van der Waals surface area contributed by atoms with Gasteiger partial charge in [-0.05, 0) is 25.5 Å². The molecule has 2 atom stereocenters. The van der Waals surface area contributed by atoms with Gasteiger partial charge in [0.05, 0.1) is 29.8 Å². The van der Waals surface area contributed by atoms with Gasteiger partial charge >= 0.3 is 0 Å². The predicted octanol–water partition coefficient (Wildman–Crippen LogP) is 0.706. The van der Waals surface area contributed by atoms with E-state index >= 15 is 0 Å². The number of nitrogens with zero attached hydrogens (tertiary/aromatic N) is 2. The quantitative estimate of drug-likeness (QED) is 0.751. The number of aromatic nitrogens is 1. The van der Waals surface area contributed by atoms with Gasteiger partial charge in [-0.25, -0.2) is 0 Å². The van der Waals surface area contributed by atoms with Crippen molar-refractivity contribution in [1.82, 2.24) is 4.98 Å². The van der Waals surface area contributed by atoms with Crippen LogP contribution in [0, 0.1) is 0 Å². The summed E-state index contributed by atoms with van der Waals surface area (Å²) in [5.74, 6) is 0. The maximum Gasteiger partial charge on any atom is 0.0931 e. The zero-order valence-electron chi connectivity index (χ0n) is 8.80. The van der Waals surface area contributed by atoms with Gasteiger partial charge < -0.3 is 15.1 Å². The lowest BCUT2D eigenvalue weighted by atomic mass is 10.2. The Balaban J connectivity index is 2.10. The van der Waals surface area contributed by atoms with Crippen LogP contribution in [0.25, 0.3) is 0 Å². The molecular formula is C11H16N2O2. The van der Waals surface area contributed by atoms with E-state index in [1.165, 1.54) is 0 Å². The van der Waals surface area contributed by atoms with Crippen LogP contribution in [0.1, 0.15) is 25.1 Å². The molecule has 4 heteroatoms. The van der Waals surface area contributed by atoms with Gasteiger partial charge in [-0.15, -0.1) is 0 Å². The summed E-state index contributed by atoms with van der Waals surface area (Å²) in [5, 5.41) is 18.7. The summed E-state index contributed by atoms with van der Waals surface area (Å²) < 4.78 is 0. The molecule has 2 N–H and O–H groups in total. The summed E-state index contributed by atoms with van der Waals surface area (Å²) in [7, 11) is 0. The molecule has 0 aliphatic carbocycles. The third kappa shape index (κ3) is 2.27. The van der Waals surface area contributed by atoms with Gasteiger partial charge in [-0.1, -0.05) is 0 Å². The molecule has 2 heterocycles. The van der Waals surface area contributed by atoms with Crippen LogP contribution in [-0.4, -0.2) is 34.4 Å². The van der Waals surface area contributed by atoms with E-state index in [-0.39, 0.29) is 6.10 Å². The lowest BCUT2D eigenvalue weighted by Crippen LogP contribution is -2.21. The molecule has 82 valence electrons. The van der Waals surface area contributed by atoms with E-state index in [1.54, 1.807) is 13.1 Å². The molecule has 2 rings (SSSR count). The topological polar surface area (TPSA) is 56.6 Å². The van der Waals surface area contributed by atoms with Crippen molar-refractivity contribution >= 4 is 5.69 Å². The number of hydrogen-bond acceptors (Lipinski definition) is 4. The van der Waals surface area contributed by atoms with Crippen molar-refractivity contribution in [3.63, 3.8) is 0 Å². The molecule has 0 amide bonds. The molecule has 0 spiro atoms. The molecule has 0 saturated carbocycles. The van der Waals surface area contributed by atoms with Crippen molar-refractivity contribution in [1.29, 1.82) is 0 Å². The van der Waals surface area contributed by atoms with Crippen molar-refractivity contribution in [2.75, 3.05) is 18.0 Å². The highest BCUT2D eigenvalue weighted by molar-refractivity contribution is 5.45. The smallest absolute Gasteiger partial charge is 0.0931 e. The minimum Gasteiger partial charge on any atom is -0.391 e. The van der Waals surface area contributed by atoms with E-state index in [1.807, 2.05) is 12.1 Å². The monoisotopic (exact) mass is 208 g/mol. The first-order valence-electron chi connectivity index (χ1n) is 5.24. The van der Waals surface area contributed by atoms with Crippen molar-refractivity contribution in [2.45, 2.75) is 25.6 Å². The molecule has 0 radical (unpaired) electrons. The molecule has 1 fully saturated rings. The van der Waals surface area contributed by atoms with E-state index in [0.717, 1.165) is 18.7 Å². The van der Waals surface area contributed by atoms with Gasteiger partial charge in [-0.3, -0.25) is 4.98 Å². The van der Waals surface area contributed by atoms with Gasteiger partial charge in [0.15, 0.2) is 0 Å². The molecule has 1 aliphatic rings. The second kappa shape index (κ2) is 4.16. The Morgan fingerprint density at radius 3 is 2.80 bits per heavy atom. The third-order valence-corrected chi connectivity index (χ3v) is 2.73. The number of hydrogen-bond donors (Lipinski definition) is 2. The number of aliphatic hydroxyl groups excluding tert-OH is 2. The third-order valence-electron chi connectivity index (χ3n) is 2.73. The zero-order valence-corrected chi connectivity index (χ0v) is 8.80. The highest BCUT2D eigenvalue weighted by atomic mass is 16.3. The highest BCUT2D eigenvalue weighted by Gasteiger charge is 2.20. The van der Waals surface area contributed by atoms with Crippen LogP contribution in [0.15, 0.2) is 18.3 Å². The second-order valence-corrected chi connectivity index (χ2v) is 4.01. The number of anilines is 1. The Morgan fingerprint density at radius 1 is 1.53 bits per heavy atom. The fourth-order valence-corrected chi connectivity index (χ4v) is 1.81. The summed E-state index contributed by atoms with van der Waals surface area (Å²) >= 11 is 0. The van der Waals surface area contributed by atoms with Crippen molar-refractivity contribution in [3.05, 3.63) is 24.0 Å². The molecule has 0 aromatic carbocycles. The molecule has 15 heavy (non-hydrogen) atoms. The van der Waals surface area contributed by atoms with Gasteiger partial charge in [0.1, 0.15) is 0 Å². The highest BCUT2D eigenvalue weighted by Crippen LogP contribution is 2.20. The van der Waals surface area contributed by atoms with E-state index in [4.69, 9.17) is 0 Å². The number of aliphatic hydroxyl groups is 2. The Kier molecular flexibility index (Phi) is 2.88. The first-order valence-corrected chi connectivity index (χ1v) is 5.24. The molecule has 1 saturated heterocycles. The molecule has 0 bridgehead atoms. The fourth-order valence-electron chi connectivity index (χ4n) is 1.81. The molecule has 1 aromatic rings.